The minimum absolute atomic E-state index is 0.0185. The Morgan fingerprint density at radius 2 is 1.66 bits per heavy atom. The zero-order valence-corrected chi connectivity index (χ0v) is 21.5. The van der Waals surface area contributed by atoms with Crippen molar-refractivity contribution in [3.63, 3.8) is 0 Å². The molecule has 0 saturated carbocycles. The molecule has 8 heteroatoms. The highest BCUT2D eigenvalue weighted by atomic mass is 32.1. The Bertz CT molecular complexity index is 1290. The highest BCUT2D eigenvalue weighted by Crippen LogP contribution is 2.44. The van der Waals surface area contributed by atoms with Crippen LogP contribution in [-0.4, -0.2) is 34.1 Å². The lowest BCUT2D eigenvalue weighted by Crippen LogP contribution is -2.29. The molecule has 7 nitrogen and oxygen atoms in total. The quantitative estimate of drug-likeness (QED) is 0.284. The van der Waals surface area contributed by atoms with Crippen LogP contribution in [0.2, 0.25) is 0 Å². The van der Waals surface area contributed by atoms with E-state index in [1.54, 1.807) is 31.4 Å². The van der Waals surface area contributed by atoms with Gasteiger partial charge in [-0.1, -0.05) is 70.2 Å². The first kappa shape index (κ1) is 24.6. The molecule has 4 rings (SSSR count). The molecule has 1 aliphatic heterocycles. The molecule has 35 heavy (non-hydrogen) atoms. The number of aliphatic hydroxyl groups is 1. The van der Waals surface area contributed by atoms with E-state index < -0.39 is 17.7 Å². The summed E-state index contributed by atoms with van der Waals surface area (Å²) in [5.74, 6) is -0.999. The number of nitrogens with zero attached hydrogens (tertiary/aromatic N) is 3. The number of rotatable bonds is 5. The topological polar surface area (TPSA) is 92.6 Å². The van der Waals surface area contributed by atoms with Crippen LogP contribution in [-0.2, 0) is 15.0 Å². The number of aliphatic hydroxyl groups excluding tert-OH is 1. The van der Waals surface area contributed by atoms with E-state index in [1.807, 2.05) is 38.1 Å². The number of ketones is 1. The molecular formula is C27H29N3O4S. The van der Waals surface area contributed by atoms with Gasteiger partial charge in [0.05, 0.1) is 18.7 Å². The Balaban J connectivity index is 1.89. The van der Waals surface area contributed by atoms with Crippen molar-refractivity contribution in [3.8, 4) is 5.75 Å². The van der Waals surface area contributed by atoms with E-state index in [0.29, 0.717) is 22.0 Å². The molecule has 1 aromatic heterocycles. The number of methoxy groups -OCH3 is 1. The van der Waals surface area contributed by atoms with Gasteiger partial charge >= 0.3 is 5.91 Å². The maximum Gasteiger partial charge on any atom is 0.301 e. The summed E-state index contributed by atoms with van der Waals surface area (Å²) in [4.78, 5) is 27.9. The van der Waals surface area contributed by atoms with Gasteiger partial charge in [0.2, 0.25) is 5.13 Å². The first-order chi connectivity index (χ1) is 16.5. The van der Waals surface area contributed by atoms with Crippen molar-refractivity contribution in [3.05, 3.63) is 75.8 Å². The Morgan fingerprint density at radius 1 is 1.03 bits per heavy atom. The number of benzene rings is 2. The summed E-state index contributed by atoms with van der Waals surface area (Å²) in [6, 6.07) is 13.6. The Hall–Kier alpha value is -3.52. The highest BCUT2D eigenvalue weighted by molar-refractivity contribution is 7.15. The van der Waals surface area contributed by atoms with Gasteiger partial charge in [0.1, 0.15) is 16.5 Å². The lowest BCUT2D eigenvalue weighted by molar-refractivity contribution is -0.132. The van der Waals surface area contributed by atoms with E-state index in [2.05, 4.69) is 31.0 Å². The normalized spacial score (nSPS) is 17.9. The standard InChI is InChI=1S/C27H29N3O4S/c1-15(2)24-28-29-26(35-24)30-21(16-7-11-18(12-8-16)27(3,4)5)20(23(32)25(30)33)22(31)17-9-13-19(34-6)14-10-17/h7-15,21,31H,1-6H3. The van der Waals surface area contributed by atoms with Crippen molar-refractivity contribution in [1.29, 1.82) is 0 Å². The second-order valence-electron chi connectivity index (χ2n) is 9.85. The third-order valence-corrected chi connectivity index (χ3v) is 7.25. The molecular weight excluding hydrogens is 462 g/mol. The molecule has 0 radical (unpaired) electrons. The van der Waals surface area contributed by atoms with Crippen LogP contribution < -0.4 is 9.64 Å². The Kier molecular flexibility index (Phi) is 6.51. The molecule has 1 fully saturated rings. The summed E-state index contributed by atoms with van der Waals surface area (Å²) in [6.07, 6.45) is 0. The van der Waals surface area contributed by atoms with Gasteiger partial charge in [-0.15, -0.1) is 10.2 Å². The SMILES string of the molecule is COc1ccc(C(O)=C2C(=O)C(=O)N(c3nnc(C(C)C)s3)C2c2ccc(C(C)(C)C)cc2)cc1. The first-order valence-corrected chi connectivity index (χ1v) is 12.2. The minimum Gasteiger partial charge on any atom is -0.507 e. The Morgan fingerprint density at radius 3 is 2.17 bits per heavy atom. The van der Waals surface area contributed by atoms with Crippen LogP contribution in [0, 0.1) is 0 Å². The lowest BCUT2D eigenvalue weighted by atomic mass is 9.85. The highest BCUT2D eigenvalue weighted by Gasteiger charge is 2.48. The van der Waals surface area contributed by atoms with Gasteiger partial charge in [-0.2, -0.15) is 0 Å². The second-order valence-corrected chi connectivity index (χ2v) is 10.8. The van der Waals surface area contributed by atoms with E-state index in [-0.39, 0.29) is 22.7 Å². The van der Waals surface area contributed by atoms with Crippen LogP contribution in [0.25, 0.3) is 5.76 Å². The van der Waals surface area contributed by atoms with E-state index in [0.717, 1.165) is 10.6 Å². The third kappa shape index (κ3) is 4.58. The fraction of sp³-hybridized carbons (Fsp3) is 0.333. The molecule has 0 bridgehead atoms. The number of aromatic nitrogens is 2. The molecule has 1 unspecified atom stereocenters. The average Bonchev–Trinajstić information content (AvgIpc) is 3.41. The summed E-state index contributed by atoms with van der Waals surface area (Å²) in [5, 5.41) is 20.8. The molecule has 182 valence electrons. The molecule has 1 atom stereocenters. The number of carbonyl (C=O) groups is 2. The van der Waals surface area contributed by atoms with Crippen molar-refractivity contribution < 1.29 is 19.4 Å². The fourth-order valence-electron chi connectivity index (χ4n) is 3.97. The van der Waals surface area contributed by atoms with Gasteiger partial charge in [-0.25, -0.2) is 0 Å². The van der Waals surface area contributed by atoms with Crippen molar-refractivity contribution in [1.82, 2.24) is 10.2 Å². The van der Waals surface area contributed by atoms with Gasteiger partial charge in [-0.05, 0) is 40.8 Å². The zero-order chi connectivity index (χ0) is 25.5. The van der Waals surface area contributed by atoms with Gasteiger partial charge in [0.25, 0.3) is 5.78 Å². The zero-order valence-electron chi connectivity index (χ0n) is 20.7. The number of anilines is 1. The lowest BCUT2D eigenvalue weighted by Gasteiger charge is -2.24. The van der Waals surface area contributed by atoms with Gasteiger partial charge in [-0.3, -0.25) is 14.5 Å². The van der Waals surface area contributed by atoms with E-state index in [9.17, 15) is 14.7 Å². The maximum atomic E-state index is 13.3. The predicted octanol–water partition coefficient (Wildman–Crippen LogP) is 5.59. The van der Waals surface area contributed by atoms with Gasteiger partial charge in [0.15, 0.2) is 0 Å². The van der Waals surface area contributed by atoms with Crippen molar-refractivity contribution in [2.45, 2.75) is 52.0 Å². The van der Waals surface area contributed by atoms with E-state index in [4.69, 9.17) is 4.74 Å². The number of amides is 1. The predicted molar refractivity (Wildman–Crippen MR) is 137 cm³/mol. The fourth-order valence-corrected chi connectivity index (χ4v) is 4.84. The van der Waals surface area contributed by atoms with Crippen LogP contribution in [0.5, 0.6) is 5.75 Å². The first-order valence-electron chi connectivity index (χ1n) is 11.4. The summed E-state index contributed by atoms with van der Waals surface area (Å²) >= 11 is 1.27. The number of hydrogen-bond acceptors (Lipinski definition) is 7. The molecule has 1 aliphatic rings. The summed E-state index contributed by atoms with van der Waals surface area (Å²) in [5.41, 5.74) is 2.19. The van der Waals surface area contributed by atoms with E-state index in [1.165, 1.54) is 16.2 Å². The van der Waals surface area contributed by atoms with Gasteiger partial charge < -0.3 is 9.84 Å². The number of carbonyl (C=O) groups excluding carboxylic acids is 2. The van der Waals surface area contributed by atoms with Crippen LogP contribution in [0.4, 0.5) is 5.13 Å². The summed E-state index contributed by atoms with van der Waals surface area (Å²) in [7, 11) is 1.55. The molecule has 2 aromatic carbocycles. The molecule has 1 amide bonds. The summed E-state index contributed by atoms with van der Waals surface area (Å²) < 4.78 is 5.20. The number of hydrogen-bond donors (Lipinski definition) is 1. The Labute approximate surface area is 209 Å². The van der Waals surface area contributed by atoms with Crippen molar-refractivity contribution in [2.24, 2.45) is 0 Å². The van der Waals surface area contributed by atoms with E-state index >= 15 is 0 Å². The molecule has 0 aliphatic carbocycles. The van der Waals surface area contributed by atoms with Crippen molar-refractivity contribution in [2.75, 3.05) is 12.0 Å². The van der Waals surface area contributed by atoms with Crippen molar-refractivity contribution >= 4 is 33.9 Å². The minimum atomic E-state index is -0.834. The monoisotopic (exact) mass is 491 g/mol. The number of ether oxygens (including phenoxy) is 1. The summed E-state index contributed by atoms with van der Waals surface area (Å²) in [6.45, 7) is 10.3. The molecule has 1 N–H and O–H groups in total. The molecule has 3 aromatic rings. The number of Topliss-reactive ketones (excluding diaryl/α,β-unsaturated/α-hetero) is 1. The smallest absolute Gasteiger partial charge is 0.301 e. The molecule has 0 spiro atoms. The average molecular weight is 492 g/mol. The van der Waals surface area contributed by atoms with Crippen LogP contribution in [0.15, 0.2) is 54.1 Å². The largest absolute Gasteiger partial charge is 0.507 e. The second kappa shape index (κ2) is 9.26. The van der Waals surface area contributed by atoms with Gasteiger partial charge in [0, 0.05) is 11.5 Å². The molecule has 1 saturated heterocycles. The van der Waals surface area contributed by atoms with Crippen LogP contribution in [0.1, 0.15) is 68.3 Å². The van der Waals surface area contributed by atoms with Crippen LogP contribution in [0.3, 0.4) is 0 Å². The van der Waals surface area contributed by atoms with Crippen LogP contribution >= 0.6 is 11.3 Å². The molecule has 2 heterocycles. The third-order valence-electron chi connectivity index (χ3n) is 6.03. The maximum absolute atomic E-state index is 13.3.